The molecule has 27 heavy (non-hydrogen) atoms. The highest BCUT2D eigenvalue weighted by molar-refractivity contribution is 5.84. The van der Waals surface area contributed by atoms with Gasteiger partial charge in [-0.2, -0.15) is 0 Å². The Morgan fingerprint density at radius 2 is 1.70 bits per heavy atom. The summed E-state index contributed by atoms with van der Waals surface area (Å²) in [5, 5.41) is 12.0. The first kappa shape index (κ1) is 18.1. The van der Waals surface area contributed by atoms with E-state index >= 15 is 0 Å². The van der Waals surface area contributed by atoms with E-state index in [0.29, 0.717) is 5.52 Å². The number of H-pyrrole nitrogens is 1. The molecule has 8 nitrogen and oxygen atoms in total. The van der Waals surface area contributed by atoms with E-state index in [2.05, 4.69) is 10.3 Å². The minimum atomic E-state index is -1.20. The van der Waals surface area contributed by atoms with Crippen molar-refractivity contribution < 1.29 is 14.7 Å². The molecule has 1 heterocycles. The van der Waals surface area contributed by atoms with E-state index in [4.69, 9.17) is 0 Å². The molecule has 1 aromatic heterocycles. The molecule has 0 aliphatic heterocycles. The molecule has 0 aliphatic carbocycles. The van der Waals surface area contributed by atoms with Gasteiger partial charge in [0.05, 0.1) is 10.9 Å². The smallest absolute Gasteiger partial charge is 0.329 e. The number of aliphatic carboxylic acids is 1. The largest absolute Gasteiger partial charge is 0.480 e. The minimum Gasteiger partial charge on any atom is -0.480 e. The van der Waals surface area contributed by atoms with Crippen LogP contribution in [0, 0.1) is 0 Å². The zero-order chi connectivity index (χ0) is 19.4. The van der Waals surface area contributed by atoms with Crippen molar-refractivity contribution in [1.82, 2.24) is 14.9 Å². The summed E-state index contributed by atoms with van der Waals surface area (Å²) in [7, 11) is 0. The molecular weight excluding hydrogens is 350 g/mol. The number of aromatic amines is 1. The van der Waals surface area contributed by atoms with Gasteiger partial charge >= 0.3 is 11.7 Å². The molecule has 2 aromatic carbocycles. The Labute approximate surface area is 153 Å². The standard InChI is InChI=1S/C19H17N3O5/c23-16(20-15(18(25)26)10-12-6-2-1-3-7-12)11-22-17(24)13-8-4-5-9-14(13)21-19(22)27/h1-9,15H,10-11H2,(H,20,23)(H,21,27)(H,25,26)/t15-/m1/s1. The molecule has 3 aromatic rings. The van der Waals surface area contributed by atoms with Crippen molar-refractivity contribution in [3.05, 3.63) is 81.0 Å². The zero-order valence-electron chi connectivity index (χ0n) is 14.2. The minimum absolute atomic E-state index is 0.0882. The van der Waals surface area contributed by atoms with Crippen LogP contribution in [0.5, 0.6) is 0 Å². The lowest BCUT2D eigenvalue weighted by molar-refractivity contribution is -0.141. The highest BCUT2D eigenvalue weighted by Crippen LogP contribution is 2.04. The van der Waals surface area contributed by atoms with Crippen molar-refractivity contribution >= 4 is 22.8 Å². The Hall–Kier alpha value is -3.68. The second kappa shape index (κ2) is 7.69. The van der Waals surface area contributed by atoms with Crippen LogP contribution in [-0.4, -0.2) is 32.6 Å². The Morgan fingerprint density at radius 3 is 2.41 bits per heavy atom. The van der Waals surface area contributed by atoms with Crippen molar-refractivity contribution in [2.45, 2.75) is 19.0 Å². The summed E-state index contributed by atoms with van der Waals surface area (Å²) in [6.45, 7) is -0.572. The topological polar surface area (TPSA) is 121 Å². The second-order valence-corrected chi connectivity index (χ2v) is 6.02. The number of fused-ring (bicyclic) bond motifs is 1. The van der Waals surface area contributed by atoms with E-state index in [1.807, 2.05) is 0 Å². The number of amides is 1. The van der Waals surface area contributed by atoms with Crippen LogP contribution in [0.15, 0.2) is 64.2 Å². The average molecular weight is 367 g/mol. The van der Waals surface area contributed by atoms with Crippen molar-refractivity contribution in [3.8, 4) is 0 Å². The Kier molecular flexibility index (Phi) is 5.16. The Bertz CT molecular complexity index is 1100. The fourth-order valence-electron chi connectivity index (χ4n) is 2.78. The maximum Gasteiger partial charge on any atom is 0.329 e. The van der Waals surface area contributed by atoms with Crippen LogP contribution < -0.4 is 16.6 Å². The average Bonchev–Trinajstić information content (AvgIpc) is 2.65. The molecular formula is C19H17N3O5. The molecule has 3 rings (SSSR count). The summed E-state index contributed by atoms with van der Waals surface area (Å²) in [6, 6.07) is 14.1. The molecule has 3 N–H and O–H groups in total. The first-order chi connectivity index (χ1) is 13.0. The van der Waals surface area contributed by atoms with Crippen molar-refractivity contribution in [2.24, 2.45) is 0 Å². The van der Waals surface area contributed by atoms with Crippen LogP contribution in [0.25, 0.3) is 10.9 Å². The first-order valence-electron chi connectivity index (χ1n) is 8.23. The molecule has 1 atom stereocenters. The molecule has 0 fully saturated rings. The summed E-state index contributed by atoms with van der Waals surface area (Å²) < 4.78 is 0.749. The number of hydrogen-bond donors (Lipinski definition) is 3. The van der Waals surface area contributed by atoms with E-state index in [0.717, 1.165) is 10.1 Å². The molecule has 0 radical (unpaired) electrons. The molecule has 0 bridgehead atoms. The number of benzene rings is 2. The van der Waals surface area contributed by atoms with Gasteiger partial charge in [-0.1, -0.05) is 42.5 Å². The number of nitrogens with zero attached hydrogens (tertiary/aromatic N) is 1. The fourth-order valence-corrected chi connectivity index (χ4v) is 2.78. The summed E-state index contributed by atoms with van der Waals surface area (Å²) >= 11 is 0. The predicted octanol–water partition coefficient (Wildman–Crippen LogP) is 0.502. The van der Waals surface area contributed by atoms with E-state index < -0.39 is 35.7 Å². The fraction of sp³-hybridized carbons (Fsp3) is 0.158. The van der Waals surface area contributed by atoms with Gasteiger partial charge in [0.1, 0.15) is 12.6 Å². The van der Waals surface area contributed by atoms with Gasteiger partial charge in [-0.3, -0.25) is 14.2 Å². The van der Waals surface area contributed by atoms with Gasteiger partial charge < -0.3 is 15.4 Å². The molecule has 0 saturated carbocycles. The zero-order valence-corrected chi connectivity index (χ0v) is 14.2. The van der Waals surface area contributed by atoms with Crippen LogP contribution >= 0.6 is 0 Å². The van der Waals surface area contributed by atoms with E-state index in [1.165, 1.54) is 6.07 Å². The number of para-hydroxylation sites is 1. The van der Waals surface area contributed by atoms with Gasteiger partial charge in [-0.05, 0) is 17.7 Å². The van der Waals surface area contributed by atoms with Gasteiger partial charge in [-0.15, -0.1) is 0 Å². The summed E-state index contributed by atoms with van der Waals surface area (Å²) in [5.41, 5.74) is -0.231. The lowest BCUT2D eigenvalue weighted by atomic mass is 10.1. The number of carbonyl (C=O) groups is 2. The molecule has 0 aliphatic rings. The highest BCUT2D eigenvalue weighted by atomic mass is 16.4. The first-order valence-corrected chi connectivity index (χ1v) is 8.23. The lowest BCUT2D eigenvalue weighted by Crippen LogP contribution is -2.46. The van der Waals surface area contributed by atoms with Crippen LogP contribution in [0.3, 0.4) is 0 Å². The predicted molar refractivity (Wildman–Crippen MR) is 98.5 cm³/mol. The number of nitrogens with one attached hydrogen (secondary N) is 2. The van der Waals surface area contributed by atoms with Gasteiger partial charge in [0.25, 0.3) is 5.56 Å². The Morgan fingerprint density at radius 1 is 1.04 bits per heavy atom. The third kappa shape index (κ3) is 4.12. The summed E-state index contributed by atoms with van der Waals surface area (Å²) in [6.07, 6.45) is 0.0882. The second-order valence-electron chi connectivity index (χ2n) is 6.02. The molecule has 8 heteroatoms. The normalized spacial score (nSPS) is 11.9. The molecule has 0 spiro atoms. The van der Waals surface area contributed by atoms with Crippen LogP contribution in [0.2, 0.25) is 0 Å². The molecule has 0 unspecified atom stereocenters. The van der Waals surface area contributed by atoms with E-state index in [1.54, 1.807) is 48.5 Å². The lowest BCUT2D eigenvalue weighted by Gasteiger charge is -2.15. The number of rotatable bonds is 6. The SMILES string of the molecule is O=C(Cn1c(=O)[nH]c2ccccc2c1=O)N[C@H](Cc1ccccc1)C(=O)O. The van der Waals surface area contributed by atoms with Crippen LogP contribution in [-0.2, 0) is 22.6 Å². The van der Waals surface area contributed by atoms with Gasteiger partial charge in [0.15, 0.2) is 0 Å². The quantitative estimate of drug-likeness (QED) is 0.586. The molecule has 0 saturated heterocycles. The number of aromatic nitrogens is 2. The summed E-state index contributed by atoms with van der Waals surface area (Å²) in [5.74, 6) is -1.94. The van der Waals surface area contributed by atoms with Gasteiger partial charge in [0.2, 0.25) is 5.91 Å². The number of hydrogen-bond acceptors (Lipinski definition) is 4. The van der Waals surface area contributed by atoms with Gasteiger partial charge in [-0.25, -0.2) is 9.59 Å². The maximum absolute atomic E-state index is 12.4. The number of carboxylic acids is 1. The summed E-state index contributed by atoms with van der Waals surface area (Å²) in [4.78, 5) is 50.8. The monoisotopic (exact) mass is 367 g/mol. The number of carboxylic acid groups (broad SMARTS) is 1. The van der Waals surface area contributed by atoms with Crippen molar-refractivity contribution in [2.75, 3.05) is 0 Å². The Balaban J connectivity index is 1.80. The highest BCUT2D eigenvalue weighted by Gasteiger charge is 2.21. The van der Waals surface area contributed by atoms with E-state index in [9.17, 15) is 24.3 Å². The number of carbonyl (C=O) groups excluding carboxylic acids is 1. The van der Waals surface area contributed by atoms with Crippen molar-refractivity contribution in [3.63, 3.8) is 0 Å². The molecule has 138 valence electrons. The third-order valence-electron chi connectivity index (χ3n) is 4.11. The molecule has 1 amide bonds. The van der Waals surface area contributed by atoms with Gasteiger partial charge in [0, 0.05) is 6.42 Å². The van der Waals surface area contributed by atoms with Crippen molar-refractivity contribution in [1.29, 1.82) is 0 Å². The third-order valence-corrected chi connectivity index (χ3v) is 4.11. The van der Waals surface area contributed by atoms with Crippen LogP contribution in [0.4, 0.5) is 0 Å². The van der Waals surface area contributed by atoms with E-state index in [-0.39, 0.29) is 11.8 Å². The van der Waals surface area contributed by atoms with Crippen LogP contribution in [0.1, 0.15) is 5.56 Å². The maximum atomic E-state index is 12.4.